The minimum atomic E-state index is -3.12. The lowest BCUT2D eigenvalue weighted by Gasteiger charge is -2.03. The van der Waals surface area contributed by atoms with Crippen molar-refractivity contribution in [3.8, 4) is 5.75 Å². The zero-order valence-corrected chi connectivity index (χ0v) is 13.8. The van der Waals surface area contributed by atoms with Crippen LogP contribution in [-0.2, 0) is 15.6 Å². The molecule has 0 amide bonds. The molecule has 1 rings (SSSR count). The van der Waals surface area contributed by atoms with Crippen molar-refractivity contribution >= 4 is 31.4 Å². The number of sulfone groups is 1. The van der Waals surface area contributed by atoms with Gasteiger partial charge >= 0.3 is 0 Å². The first-order valence-electron chi connectivity index (χ1n) is 5.95. The number of hydrogen-bond acceptors (Lipinski definition) is 5. The van der Waals surface area contributed by atoms with Gasteiger partial charge in [0.15, 0.2) is 9.84 Å². The molecule has 0 fully saturated rings. The SMILES string of the molecule is C=CCSSC=CCS(=O)(=O)Cc1ccc(OC)cc1. The highest BCUT2D eigenvalue weighted by Gasteiger charge is 2.09. The van der Waals surface area contributed by atoms with Crippen LogP contribution in [0.25, 0.3) is 0 Å². The molecule has 0 atom stereocenters. The van der Waals surface area contributed by atoms with E-state index in [4.69, 9.17) is 4.74 Å². The molecule has 0 spiro atoms. The molecule has 0 aromatic heterocycles. The fraction of sp³-hybridized carbons (Fsp3) is 0.286. The van der Waals surface area contributed by atoms with E-state index in [1.165, 1.54) is 10.8 Å². The standard InChI is InChI=1S/C14H18O3S3/c1-3-9-18-19-10-4-11-20(15,16)12-13-5-7-14(17-2)8-6-13/h3-8,10H,1,9,11-12H2,2H3. The fourth-order valence-electron chi connectivity index (χ4n) is 1.39. The van der Waals surface area contributed by atoms with Gasteiger partial charge in [-0.05, 0) is 23.1 Å². The topological polar surface area (TPSA) is 43.4 Å². The predicted molar refractivity (Wildman–Crippen MR) is 89.9 cm³/mol. The van der Waals surface area contributed by atoms with Crippen molar-refractivity contribution in [2.45, 2.75) is 5.75 Å². The van der Waals surface area contributed by atoms with Gasteiger partial charge in [0.05, 0.1) is 18.6 Å². The number of ether oxygens (including phenoxy) is 1. The highest BCUT2D eigenvalue weighted by Crippen LogP contribution is 2.22. The molecule has 1 aromatic rings. The van der Waals surface area contributed by atoms with Gasteiger partial charge in [-0.25, -0.2) is 8.42 Å². The van der Waals surface area contributed by atoms with Crippen LogP contribution in [0.3, 0.4) is 0 Å². The summed E-state index contributed by atoms with van der Waals surface area (Å²) in [6.07, 6.45) is 3.49. The smallest absolute Gasteiger partial charge is 0.158 e. The highest BCUT2D eigenvalue weighted by molar-refractivity contribution is 8.77. The molecule has 0 bridgehead atoms. The number of methoxy groups -OCH3 is 1. The normalized spacial score (nSPS) is 11.7. The van der Waals surface area contributed by atoms with E-state index >= 15 is 0 Å². The first-order chi connectivity index (χ1) is 9.57. The van der Waals surface area contributed by atoms with Crippen LogP contribution in [0.4, 0.5) is 0 Å². The Morgan fingerprint density at radius 2 is 2.00 bits per heavy atom. The molecule has 6 heteroatoms. The Hall–Kier alpha value is -0.850. The monoisotopic (exact) mass is 330 g/mol. The second-order valence-corrected chi connectivity index (χ2v) is 8.37. The van der Waals surface area contributed by atoms with Crippen LogP contribution in [0.5, 0.6) is 5.75 Å². The fourth-order valence-corrected chi connectivity index (χ4v) is 4.14. The van der Waals surface area contributed by atoms with Gasteiger partial charge < -0.3 is 4.74 Å². The van der Waals surface area contributed by atoms with E-state index in [-0.39, 0.29) is 11.5 Å². The van der Waals surface area contributed by atoms with Crippen LogP contribution < -0.4 is 4.74 Å². The molecule has 0 saturated carbocycles. The molecular formula is C14H18O3S3. The minimum absolute atomic E-state index is 0.0474. The molecule has 0 aliphatic carbocycles. The maximum Gasteiger partial charge on any atom is 0.158 e. The molecule has 0 saturated heterocycles. The van der Waals surface area contributed by atoms with E-state index in [9.17, 15) is 8.42 Å². The summed E-state index contributed by atoms with van der Waals surface area (Å²) in [5.41, 5.74) is 0.771. The summed E-state index contributed by atoms with van der Waals surface area (Å²) in [6.45, 7) is 3.61. The van der Waals surface area contributed by atoms with E-state index in [0.717, 1.165) is 17.1 Å². The van der Waals surface area contributed by atoms with E-state index < -0.39 is 9.84 Å². The first-order valence-corrected chi connectivity index (χ1v) is 10.2. The molecule has 0 heterocycles. The van der Waals surface area contributed by atoms with Gasteiger partial charge in [-0.3, -0.25) is 0 Å². The van der Waals surface area contributed by atoms with Crippen molar-refractivity contribution in [2.75, 3.05) is 18.6 Å². The third kappa shape index (κ3) is 7.07. The molecule has 0 radical (unpaired) electrons. The van der Waals surface area contributed by atoms with Crippen LogP contribution in [0.1, 0.15) is 5.56 Å². The Balaban J connectivity index is 2.45. The van der Waals surface area contributed by atoms with Crippen molar-refractivity contribution < 1.29 is 13.2 Å². The van der Waals surface area contributed by atoms with Gasteiger partial charge in [0.2, 0.25) is 0 Å². The van der Waals surface area contributed by atoms with Crippen LogP contribution in [0.15, 0.2) is 48.4 Å². The average Bonchev–Trinajstić information content (AvgIpc) is 2.43. The predicted octanol–water partition coefficient (Wildman–Crippen LogP) is 3.69. The second kappa shape index (κ2) is 9.15. The van der Waals surface area contributed by atoms with Crippen molar-refractivity contribution in [1.82, 2.24) is 0 Å². The van der Waals surface area contributed by atoms with Crippen LogP contribution >= 0.6 is 21.6 Å². The summed E-state index contributed by atoms with van der Waals surface area (Å²) in [6, 6.07) is 7.08. The molecule has 1 aromatic carbocycles. The van der Waals surface area contributed by atoms with Crippen molar-refractivity contribution in [3.05, 3.63) is 54.0 Å². The van der Waals surface area contributed by atoms with Gasteiger partial charge in [0.1, 0.15) is 5.75 Å². The largest absolute Gasteiger partial charge is 0.497 e. The molecule has 110 valence electrons. The van der Waals surface area contributed by atoms with Crippen molar-refractivity contribution in [3.63, 3.8) is 0 Å². The zero-order chi connectivity index (χ0) is 14.8. The van der Waals surface area contributed by atoms with Gasteiger partial charge in [0, 0.05) is 5.75 Å². The lowest BCUT2D eigenvalue weighted by Crippen LogP contribution is -2.07. The molecular weight excluding hydrogens is 312 g/mol. The summed E-state index contributed by atoms with van der Waals surface area (Å²) >= 11 is 0. The van der Waals surface area contributed by atoms with Gasteiger partial charge in [-0.1, -0.05) is 45.9 Å². The number of benzene rings is 1. The first kappa shape index (κ1) is 17.2. The van der Waals surface area contributed by atoms with E-state index in [1.54, 1.807) is 53.7 Å². The Bertz CT molecular complexity index is 533. The Kier molecular flexibility index (Phi) is 7.87. The highest BCUT2D eigenvalue weighted by atomic mass is 33.1. The van der Waals surface area contributed by atoms with Gasteiger partial charge in [-0.2, -0.15) is 0 Å². The minimum Gasteiger partial charge on any atom is -0.497 e. The maximum atomic E-state index is 11.9. The quantitative estimate of drug-likeness (QED) is 0.392. The van der Waals surface area contributed by atoms with Crippen LogP contribution in [0.2, 0.25) is 0 Å². The summed E-state index contributed by atoms with van der Waals surface area (Å²) in [5.74, 6) is 1.67. The number of hydrogen-bond donors (Lipinski definition) is 0. The number of rotatable bonds is 9. The summed E-state index contributed by atoms with van der Waals surface area (Å²) < 4.78 is 28.9. The maximum absolute atomic E-state index is 11.9. The lowest BCUT2D eigenvalue weighted by molar-refractivity contribution is 0.414. The average molecular weight is 330 g/mol. The van der Waals surface area contributed by atoms with E-state index in [0.29, 0.717) is 0 Å². The van der Waals surface area contributed by atoms with Gasteiger partial charge in [0.25, 0.3) is 0 Å². The van der Waals surface area contributed by atoms with Crippen molar-refractivity contribution in [2.24, 2.45) is 0 Å². The van der Waals surface area contributed by atoms with E-state index in [1.807, 2.05) is 6.08 Å². The Morgan fingerprint density at radius 3 is 2.60 bits per heavy atom. The summed E-state index contributed by atoms with van der Waals surface area (Å²) in [4.78, 5) is 0. The molecule has 20 heavy (non-hydrogen) atoms. The Labute approximate surface area is 128 Å². The lowest BCUT2D eigenvalue weighted by atomic mass is 10.2. The summed E-state index contributed by atoms with van der Waals surface area (Å²) in [7, 11) is 1.59. The second-order valence-electron chi connectivity index (χ2n) is 3.94. The van der Waals surface area contributed by atoms with Crippen molar-refractivity contribution in [1.29, 1.82) is 0 Å². The zero-order valence-electron chi connectivity index (χ0n) is 11.3. The van der Waals surface area contributed by atoms with Crippen LogP contribution in [0, 0.1) is 0 Å². The Morgan fingerprint density at radius 1 is 1.30 bits per heavy atom. The van der Waals surface area contributed by atoms with Gasteiger partial charge in [-0.15, -0.1) is 6.58 Å². The molecule has 0 aliphatic heterocycles. The van der Waals surface area contributed by atoms with E-state index in [2.05, 4.69) is 6.58 Å². The summed E-state index contributed by atoms with van der Waals surface area (Å²) in [5, 5.41) is 1.81. The molecule has 0 unspecified atom stereocenters. The van der Waals surface area contributed by atoms with Crippen LogP contribution in [-0.4, -0.2) is 27.0 Å². The molecule has 0 N–H and O–H groups in total. The molecule has 3 nitrogen and oxygen atoms in total. The third-order valence-electron chi connectivity index (χ3n) is 2.30. The molecule has 0 aliphatic rings. The third-order valence-corrected chi connectivity index (χ3v) is 5.74.